The van der Waals surface area contributed by atoms with E-state index in [9.17, 15) is 14.7 Å². The molecule has 0 saturated heterocycles. The standard InChI is InChI=1S/C27H27NO3/c1-2-3-7-20-24(25(29)30)28-26(31)27(21-14-8-4-9-15-21,22-16-10-5-11-17-22)23-18-12-6-13-19-23/h2,4-6,8-19,24H,1,3,7,20H2,(H,28,31)(H,29,30)/t24-/m0/s1. The normalized spacial score (nSPS) is 12.0. The molecule has 0 aliphatic heterocycles. The number of hydrogen-bond donors (Lipinski definition) is 2. The first kappa shape index (κ1) is 22.0. The minimum absolute atomic E-state index is 0.335. The van der Waals surface area contributed by atoms with Crippen LogP contribution in [0.25, 0.3) is 0 Å². The number of amides is 1. The van der Waals surface area contributed by atoms with E-state index < -0.39 is 17.4 Å². The lowest BCUT2D eigenvalue weighted by molar-refractivity contribution is -0.142. The summed E-state index contributed by atoms with van der Waals surface area (Å²) in [4.78, 5) is 25.9. The Morgan fingerprint density at radius 3 is 1.61 bits per heavy atom. The Balaban J connectivity index is 2.16. The van der Waals surface area contributed by atoms with E-state index >= 15 is 0 Å². The molecular weight excluding hydrogens is 386 g/mol. The molecule has 0 aliphatic rings. The fraction of sp³-hybridized carbons (Fsp3) is 0.185. The summed E-state index contributed by atoms with van der Waals surface area (Å²) in [6.45, 7) is 3.69. The molecule has 4 heteroatoms. The molecule has 0 unspecified atom stereocenters. The van der Waals surface area contributed by atoms with Crippen molar-refractivity contribution in [3.05, 3.63) is 120 Å². The number of carbonyl (C=O) groups is 2. The maximum Gasteiger partial charge on any atom is 0.326 e. The van der Waals surface area contributed by atoms with Gasteiger partial charge in [0.1, 0.15) is 11.5 Å². The van der Waals surface area contributed by atoms with Crippen molar-refractivity contribution in [2.24, 2.45) is 0 Å². The highest BCUT2D eigenvalue weighted by atomic mass is 16.4. The van der Waals surface area contributed by atoms with Gasteiger partial charge in [-0.25, -0.2) is 4.79 Å². The highest BCUT2D eigenvalue weighted by Crippen LogP contribution is 2.39. The molecule has 3 aromatic rings. The summed E-state index contributed by atoms with van der Waals surface area (Å²) in [6, 6.07) is 27.5. The zero-order valence-corrected chi connectivity index (χ0v) is 17.4. The fourth-order valence-electron chi connectivity index (χ4n) is 3.95. The number of rotatable bonds is 10. The first-order valence-corrected chi connectivity index (χ1v) is 10.4. The van der Waals surface area contributed by atoms with E-state index in [2.05, 4.69) is 11.9 Å². The minimum Gasteiger partial charge on any atom is -0.480 e. The zero-order valence-electron chi connectivity index (χ0n) is 17.4. The van der Waals surface area contributed by atoms with Crippen LogP contribution in [-0.4, -0.2) is 23.0 Å². The molecule has 1 atom stereocenters. The van der Waals surface area contributed by atoms with Crippen LogP contribution in [0.3, 0.4) is 0 Å². The maximum atomic E-state index is 14.0. The van der Waals surface area contributed by atoms with Crippen molar-refractivity contribution in [1.82, 2.24) is 5.32 Å². The minimum atomic E-state index is -1.18. The third kappa shape index (κ3) is 4.75. The van der Waals surface area contributed by atoms with Crippen molar-refractivity contribution in [2.75, 3.05) is 0 Å². The summed E-state index contributed by atoms with van der Waals surface area (Å²) in [5.41, 5.74) is 1.15. The molecule has 0 fully saturated rings. The van der Waals surface area contributed by atoms with Crippen molar-refractivity contribution < 1.29 is 14.7 Å². The Bertz CT molecular complexity index is 904. The smallest absolute Gasteiger partial charge is 0.326 e. The predicted octanol–water partition coefficient (Wildman–Crippen LogP) is 4.95. The van der Waals surface area contributed by atoms with Crippen LogP contribution in [0.4, 0.5) is 0 Å². The van der Waals surface area contributed by atoms with Gasteiger partial charge in [-0.3, -0.25) is 4.79 Å². The number of hydrogen-bond acceptors (Lipinski definition) is 2. The third-order valence-corrected chi connectivity index (χ3v) is 5.47. The van der Waals surface area contributed by atoms with E-state index in [4.69, 9.17) is 0 Å². The molecule has 2 N–H and O–H groups in total. The molecule has 0 aromatic heterocycles. The molecule has 0 heterocycles. The number of benzene rings is 3. The number of nitrogens with one attached hydrogen (secondary N) is 1. The van der Waals surface area contributed by atoms with Crippen LogP contribution in [0.15, 0.2) is 104 Å². The van der Waals surface area contributed by atoms with Crippen LogP contribution >= 0.6 is 0 Å². The Morgan fingerprint density at radius 1 is 0.839 bits per heavy atom. The van der Waals surface area contributed by atoms with E-state index in [1.165, 1.54) is 0 Å². The van der Waals surface area contributed by atoms with Gasteiger partial charge in [-0.15, -0.1) is 6.58 Å². The Hall–Kier alpha value is -3.66. The van der Waals surface area contributed by atoms with Crippen molar-refractivity contribution in [3.8, 4) is 0 Å². The zero-order chi connectivity index (χ0) is 22.1. The average molecular weight is 414 g/mol. The number of aliphatic carboxylic acids is 1. The molecule has 4 nitrogen and oxygen atoms in total. The quantitative estimate of drug-likeness (QED) is 0.281. The molecule has 158 valence electrons. The lowest BCUT2D eigenvalue weighted by Crippen LogP contribution is -2.51. The molecule has 0 bridgehead atoms. The Labute approximate surface area is 183 Å². The van der Waals surface area contributed by atoms with Crippen molar-refractivity contribution in [3.63, 3.8) is 0 Å². The van der Waals surface area contributed by atoms with E-state index in [0.717, 1.165) is 16.7 Å². The summed E-state index contributed by atoms with van der Waals surface area (Å²) in [5, 5.41) is 12.6. The molecule has 3 aromatic carbocycles. The molecule has 0 aliphatic carbocycles. The molecular formula is C27H27NO3. The van der Waals surface area contributed by atoms with E-state index in [-0.39, 0.29) is 5.91 Å². The SMILES string of the molecule is C=CCCC[C@H](NC(=O)C(c1ccccc1)(c1ccccc1)c1ccccc1)C(=O)O. The van der Waals surface area contributed by atoms with Gasteiger partial charge in [0.15, 0.2) is 0 Å². The number of carbonyl (C=O) groups excluding carboxylic acids is 1. The lowest BCUT2D eigenvalue weighted by Gasteiger charge is -2.35. The molecule has 0 saturated carbocycles. The van der Waals surface area contributed by atoms with Gasteiger partial charge in [0.25, 0.3) is 0 Å². The summed E-state index contributed by atoms with van der Waals surface area (Å²) in [5.74, 6) is -1.40. The highest BCUT2D eigenvalue weighted by Gasteiger charge is 2.44. The molecule has 31 heavy (non-hydrogen) atoms. The van der Waals surface area contributed by atoms with Crippen LogP contribution in [0, 0.1) is 0 Å². The van der Waals surface area contributed by atoms with Crippen molar-refractivity contribution in [1.29, 1.82) is 0 Å². The number of unbranched alkanes of at least 4 members (excludes halogenated alkanes) is 1. The van der Waals surface area contributed by atoms with Gasteiger partial charge in [0, 0.05) is 0 Å². The summed E-state index contributed by atoms with van der Waals surface area (Å²) < 4.78 is 0. The molecule has 0 radical (unpaired) electrons. The fourth-order valence-corrected chi connectivity index (χ4v) is 3.95. The van der Waals surface area contributed by atoms with Gasteiger partial charge in [0.2, 0.25) is 5.91 Å². The summed E-state index contributed by atoms with van der Waals surface area (Å²) in [7, 11) is 0. The van der Waals surface area contributed by atoms with E-state index in [1.54, 1.807) is 6.08 Å². The number of carboxylic acids is 1. The topological polar surface area (TPSA) is 66.4 Å². The van der Waals surface area contributed by atoms with Crippen LogP contribution in [0.5, 0.6) is 0 Å². The third-order valence-electron chi connectivity index (χ3n) is 5.47. The van der Waals surface area contributed by atoms with Gasteiger partial charge in [0.05, 0.1) is 0 Å². The van der Waals surface area contributed by atoms with E-state index in [1.807, 2.05) is 91.0 Å². The number of allylic oxidation sites excluding steroid dienone is 1. The van der Waals surface area contributed by atoms with Gasteiger partial charge in [-0.2, -0.15) is 0 Å². The average Bonchev–Trinajstić information content (AvgIpc) is 2.81. The Morgan fingerprint density at radius 2 is 1.26 bits per heavy atom. The van der Waals surface area contributed by atoms with Gasteiger partial charge < -0.3 is 10.4 Å². The second-order valence-electron chi connectivity index (χ2n) is 7.43. The first-order chi connectivity index (χ1) is 15.1. The van der Waals surface area contributed by atoms with E-state index in [0.29, 0.717) is 19.3 Å². The molecule has 1 amide bonds. The first-order valence-electron chi connectivity index (χ1n) is 10.4. The van der Waals surface area contributed by atoms with Crippen LogP contribution in [-0.2, 0) is 15.0 Å². The van der Waals surface area contributed by atoms with Crippen molar-refractivity contribution >= 4 is 11.9 Å². The Kier molecular flexibility index (Phi) is 7.39. The largest absolute Gasteiger partial charge is 0.480 e. The second-order valence-corrected chi connectivity index (χ2v) is 7.43. The molecule has 3 rings (SSSR count). The molecule has 0 spiro atoms. The summed E-state index contributed by atoms with van der Waals surface area (Å²) >= 11 is 0. The maximum absolute atomic E-state index is 14.0. The van der Waals surface area contributed by atoms with Crippen LogP contribution in [0.2, 0.25) is 0 Å². The van der Waals surface area contributed by atoms with Crippen molar-refractivity contribution in [2.45, 2.75) is 30.7 Å². The van der Waals surface area contributed by atoms with Gasteiger partial charge >= 0.3 is 5.97 Å². The van der Waals surface area contributed by atoms with Crippen LogP contribution < -0.4 is 5.32 Å². The highest BCUT2D eigenvalue weighted by molar-refractivity contribution is 5.98. The lowest BCUT2D eigenvalue weighted by atomic mass is 9.68. The summed E-state index contributed by atoms with van der Waals surface area (Å²) in [6.07, 6.45) is 3.42. The monoisotopic (exact) mass is 413 g/mol. The van der Waals surface area contributed by atoms with Gasteiger partial charge in [-0.05, 0) is 36.0 Å². The van der Waals surface area contributed by atoms with Gasteiger partial charge in [-0.1, -0.05) is 97.1 Å². The predicted molar refractivity (Wildman–Crippen MR) is 123 cm³/mol. The van der Waals surface area contributed by atoms with Crippen LogP contribution in [0.1, 0.15) is 36.0 Å². The number of carboxylic acid groups (broad SMARTS) is 1. The second kappa shape index (κ2) is 10.4.